The average Bonchev–Trinajstić information content (AvgIpc) is 2.60. The van der Waals surface area contributed by atoms with Crippen LogP contribution in [0.2, 0.25) is 0 Å². The minimum atomic E-state index is -0.438. The van der Waals surface area contributed by atoms with Crippen LogP contribution in [-0.4, -0.2) is 37.5 Å². The summed E-state index contributed by atoms with van der Waals surface area (Å²) in [6.45, 7) is 2.29. The van der Waals surface area contributed by atoms with E-state index in [-0.39, 0.29) is 12.5 Å². The number of benzene rings is 2. The monoisotopic (exact) mass is 327 g/mol. The number of carbonyl (C=O) groups excluding carboxylic acids is 2. The molecule has 0 aliphatic rings. The van der Waals surface area contributed by atoms with Gasteiger partial charge in [0.15, 0.2) is 6.61 Å². The topological polar surface area (TPSA) is 55.8 Å². The summed E-state index contributed by atoms with van der Waals surface area (Å²) in [6.07, 6.45) is 0. The van der Waals surface area contributed by atoms with Gasteiger partial charge in [-0.2, -0.15) is 0 Å². The lowest BCUT2D eigenvalue weighted by atomic mass is 10.1. The highest BCUT2D eigenvalue weighted by atomic mass is 16.5. The molecule has 2 rings (SSSR count). The molecule has 0 saturated heterocycles. The number of aryl methyl sites for hydroxylation is 1. The Balaban J connectivity index is 1.97. The molecule has 2 aromatic carbocycles. The predicted molar refractivity (Wildman–Crippen MR) is 90.9 cm³/mol. The van der Waals surface area contributed by atoms with Crippen molar-refractivity contribution < 1.29 is 19.1 Å². The first-order valence-electron chi connectivity index (χ1n) is 7.61. The van der Waals surface area contributed by atoms with E-state index >= 15 is 0 Å². The molecule has 0 atom stereocenters. The van der Waals surface area contributed by atoms with Gasteiger partial charge in [0.25, 0.3) is 5.91 Å². The molecule has 5 nitrogen and oxygen atoms in total. The Kier molecular flexibility index (Phi) is 5.95. The third-order valence-electron chi connectivity index (χ3n) is 3.65. The van der Waals surface area contributed by atoms with Crippen molar-refractivity contribution in [3.8, 4) is 5.75 Å². The van der Waals surface area contributed by atoms with Crippen molar-refractivity contribution in [2.24, 2.45) is 0 Å². The molecule has 1 amide bonds. The minimum Gasteiger partial charge on any atom is -0.483 e. The van der Waals surface area contributed by atoms with Gasteiger partial charge in [0.05, 0.1) is 12.7 Å². The summed E-state index contributed by atoms with van der Waals surface area (Å²) in [6, 6.07) is 14.8. The Bertz CT molecular complexity index is 713. The second kappa shape index (κ2) is 8.15. The molecule has 126 valence electrons. The first-order valence-corrected chi connectivity index (χ1v) is 7.61. The SMILES string of the molecule is COC(=O)c1ccc(C)c(OCC(=O)N(C)Cc2ccccc2)c1. The number of rotatable bonds is 6. The van der Waals surface area contributed by atoms with Crippen LogP contribution < -0.4 is 4.74 Å². The summed E-state index contributed by atoms with van der Waals surface area (Å²) in [4.78, 5) is 25.4. The van der Waals surface area contributed by atoms with Gasteiger partial charge >= 0.3 is 5.97 Å². The van der Waals surface area contributed by atoms with Crippen molar-refractivity contribution in [2.45, 2.75) is 13.5 Å². The lowest BCUT2D eigenvalue weighted by Gasteiger charge is -2.18. The standard InChI is InChI=1S/C19H21NO4/c1-14-9-10-16(19(22)23-3)11-17(14)24-13-18(21)20(2)12-15-7-5-4-6-8-15/h4-11H,12-13H2,1-3H3. The highest BCUT2D eigenvalue weighted by Crippen LogP contribution is 2.20. The molecule has 0 spiro atoms. The molecule has 0 fully saturated rings. The van der Waals surface area contributed by atoms with Gasteiger partial charge in [-0.3, -0.25) is 4.79 Å². The van der Waals surface area contributed by atoms with Crippen molar-refractivity contribution in [3.05, 3.63) is 65.2 Å². The molecular weight excluding hydrogens is 306 g/mol. The number of amides is 1. The largest absolute Gasteiger partial charge is 0.483 e. The molecule has 0 aliphatic carbocycles. The average molecular weight is 327 g/mol. The molecule has 0 radical (unpaired) electrons. The van der Waals surface area contributed by atoms with E-state index in [2.05, 4.69) is 0 Å². The van der Waals surface area contributed by atoms with Crippen molar-refractivity contribution in [1.82, 2.24) is 4.90 Å². The van der Waals surface area contributed by atoms with Crippen LogP contribution in [0.4, 0.5) is 0 Å². The smallest absolute Gasteiger partial charge is 0.337 e. The third kappa shape index (κ3) is 4.59. The van der Waals surface area contributed by atoms with Crippen LogP contribution >= 0.6 is 0 Å². The lowest BCUT2D eigenvalue weighted by Crippen LogP contribution is -2.31. The van der Waals surface area contributed by atoms with Crippen LogP contribution in [-0.2, 0) is 16.1 Å². The van der Waals surface area contributed by atoms with Crippen molar-refractivity contribution >= 4 is 11.9 Å². The summed E-state index contributed by atoms with van der Waals surface area (Å²) < 4.78 is 10.3. The van der Waals surface area contributed by atoms with E-state index in [0.29, 0.717) is 17.9 Å². The zero-order chi connectivity index (χ0) is 17.5. The quantitative estimate of drug-likeness (QED) is 0.766. The number of likely N-dealkylation sites (N-methyl/N-ethyl adjacent to an activating group) is 1. The number of hydrogen-bond acceptors (Lipinski definition) is 4. The minimum absolute atomic E-state index is 0.0885. The Morgan fingerprint density at radius 3 is 2.46 bits per heavy atom. The predicted octanol–water partition coefficient (Wildman–Crippen LogP) is 2.82. The number of methoxy groups -OCH3 is 1. The zero-order valence-corrected chi connectivity index (χ0v) is 14.1. The van der Waals surface area contributed by atoms with Gasteiger partial charge < -0.3 is 14.4 Å². The molecule has 5 heteroatoms. The van der Waals surface area contributed by atoms with Crippen molar-refractivity contribution in [1.29, 1.82) is 0 Å². The van der Waals surface area contributed by atoms with E-state index in [1.807, 2.05) is 37.3 Å². The van der Waals surface area contributed by atoms with E-state index in [1.54, 1.807) is 30.1 Å². The maximum absolute atomic E-state index is 12.2. The molecule has 0 N–H and O–H groups in total. The molecule has 0 heterocycles. The van der Waals surface area contributed by atoms with Crippen LogP contribution in [0.15, 0.2) is 48.5 Å². The van der Waals surface area contributed by atoms with Gasteiger partial charge in [-0.25, -0.2) is 4.79 Å². The normalized spacial score (nSPS) is 10.1. The van der Waals surface area contributed by atoms with Gasteiger partial charge in [0.1, 0.15) is 5.75 Å². The van der Waals surface area contributed by atoms with Gasteiger partial charge in [-0.15, -0.1) is 0 Å². The van der Waals surface area contributed by atoms with Gasteiger partial charge in [0.2, 0.25) is 0 Å². The van der Waals surface area contributed by atoms with Crippen molar-refractivity contribution in [2.75, 3.05) is 20.8 Å². The van der Waals surface area contributed by atoms with E-state index in [4.69, 9.17) is 9.47 Å². The molecule has 0 aliphatic heterocycles. The Hall–Kier alpha value is -2.82. The highest BCUT2D eigenvalue weighted by molar-refractivity contribution is 5.90. The second-order valence-electron chi connectivity index (χ2n) is 5.50. The van der Waals surface area contributed by atoms with Crippen molar-refractivity contribution in [3.63, 3.8) is 0 Å². The summed E-state index contributed by atoms with van der Waals surface area (Å²) in [5.74, 6) is -0.0755. The Morgan fingerprint density at radius 2 is 1.79 bits per heavy atom. The highest BCUT2D eigenvalue weighted by Gasteiger charge is 2.13. The molecular formula is C19H21NO4. The van der Waals surface area contributed by atoms with E-state index < -0.39 is 5.97 Å². The van der Waals surface area contributed by atoms with Gasteiger partial charge in [0, 0.05) is 13.6 Å². The molecule has 2 aromatic rings. The Morgan fingerprint density at radius 1 is 1.08 bits per heavy atom. The molecule has 0 aromatic heterocycles. The van der Waals surface area contributed by atoms with E-state index in [9.17, 15) is 9.59 Å². The molecule has 0 saturated carbocycles. The molecule has 0 bridgehead atoms. The number of nitrogens with zero attached hydrogens (tertiary/aromatic N) is 1. The Labute approximate surface area is 141 Å². The first-order chi connectivity index (χ1) is 11.5. The summed E-state index contributed by atoms with van der Waals surface area (Å²) >= 11 is 0. The fourth-order valence-electron chi connectivity index (χ4n) is 2.20. The van der Waals surface area contributed by atoms with Crippen LogP contribution in [0.3, 0.4) is 0 Å². The fourth-order valence-corrected chi connectivity index (χ4v) is 2.20. The fraction of sp³-hybridized carbons (Fsp3) is 0.263. The maximum atomic E-state index is 12.2. The maximum Gasteiger partial charge on any atom is 0.337 e. The second-order valence-corrected chi connectivity index (χ2v) is 5.50. The number of carbonyl (C=O) groups is 2. The summed E-state index contributed by atoms with van der Waals surface area (Å²) in [5, 5.41) is 0. The van der Waals surface area contributed by atoms with Crippen LogP contribution in [0.25, 0.3) is 0 Å². The number of esters is 1. The van der Waals surface area contributed by atoms with Crippen LogP contribution in [0, 0.1) is 6.92 Å². The third-order valence-corrected chi connectivity index (χ3v) is 3.65. The van der Waals surface area contributed by atoms with E-state index in [1.165, 1.54) is 7.11 Å². The first kappa shape index (κ1) is 17.5. The van der Waals surface area contributed by atoms with Crippen LogP contribution in [0.5, 0.6) is 5.75 Å². The van der Waals surface area contributed by atoms with Crippen LogP contribution in [0.1, 0.15) is 21.5 Å². The number of ether oxygens (including phenoxy) is 2. The molecule has 0 unspecified atom stereocenters. The molecule has 24 heavy (non-hydrogen) atoms. The summed E-state index contributed by atoms with van der Waals surface area (Å²) in [7, 11) is 3.06. The zero-order valence-electron chi connectivity index (χ0n) is 14.1. The van der Waals surface area contributed by atoms with Gasteiger partial charge in [-0.1, -0.05) is 36.4 Å². The van der Waals surface area contributed by atoms with Gasteiger partial charge in [-0.05, 0) is 30.2 Å². The van der Waals surface area contributed by atoms with E-state index in [0.717, 1.165) is 11.1 Å². The number of hydrogen-bond donors (Lipinski definition) is 0. The summed E-state index contributed by atoms with van der Waals surface area (Å²) in [5.41, 5.74) is 2.29. The lowest BCUT2D eigenvalue weighted by molar-refractivity contribution is -0.132.